The van der Waals surface area contributed by atoms with Gasteiger partial charge in [-0.25, -0.2) is 0 Å². The molecule has 1 aliphatic carbocycles. The van der Waals surface area contributed by atoms with Crippen molar-refractivity contribution >= 4 is 11.6 Å². The van der Waals surface area contributed by atoms with Crippen LogP contribution in [0.2, 0.25) is 5.02 Å². The van der Waals surface area contributed by atoms with Gasteiger partial charge in [0.25, 0.3) is 0 Å². The molecule has 0 saturated carbocycles. The smallest absolute Gasteiger partial charge is 0.0637 e. The summed E-state index contributed by atoms with van der Waals surface area (Å²) in [5, 5.41) is 4.14. The summed E-state index contributed by atoms with van der Waals surface area (Å²) in [7, 11) is 1.98. The molecule has 0 bridgehead atoms. The molecule has 0 fully saturated rings. The van der Waals surface area contributed by atoms with Crippen LogP contribution in [0.25, 0.3) is 0 Å². The third-order valence-corrected chi connectivity index (χ3v) is 4.41. The standard InChI is InChI=1S/C16H18ClN3/c1-18-16(12-7-9-19-10-14(12)17)13-6-2-4-11-5-3-8-20-15(11)13/h3,5,7-10,13,16,18H,2,4,6H2,1H3. The predicted octanol–water partition coefficient (Wildman–Crippen LogP) is 3.51. The Bertz CT molecular complexity index is 600. The van der Waals surface area contributed by atoms with Crippen molar-refractivity contribution in [3.63, 3.8) is 0 Å². The number of fused-ring (bicyclic) bond motifs is 1. The molecule has 2 unspecified atom stereocenters. The minimum atomic E-state index is 0.180. The van der Waals surface area contributed by atoms with Gasteiger partial charge in [0.15, 0.2) is 0 Å². The quantitative estimate of drug-likeness (QED) is 0.939. The molecular weight excluding hydrogens is 270 g/mol. The number of hydrogen-bond acceptors (Lipinski definition) is 3. The molecule has 0 spiro atoms. The largest absolute Gasteiger partial charge is 0.312 e. The average Bonchev–Trinajstić information content (AvgIpc) is 2.50. The third-order valence-electron chi connectivity index (χ3n) is 4.09. The van der Waals surface area contributed by atoms with Crippen LogP contribution in [0.15, 0.2) is 36.8 Å². The fraction of sp³-hybridized carbons (Fsp3) is 0.375. The monoisotopic (exact) mass is 287 g/mol. The van der Waals surface area contributed by atoms with Crippen LogP contribution in [-0.2, 0) is 6.42 Å². The summed E-state index contributed by atoms with van der Waals surface area (Å²) in [5.74, 6) is 0.366. The zero-order valence-corrected chi connectivity index (χ0v) is 12.3. The van der Waals surface area contributed by atoms with Crippen LogP contribution >= 0.6 is 11.6 Å². The van der Waals surface area contributed by atoms with E-state index in [1.165, 1.54) is 17.7 Å². The number of rotatable bonds is 3. The average molecular weight is 288 g/mol. The Hall–Kier alpha value is -1.45. The number of nitrogens with zero attached hydrogens (tertiary/aromatic N) is 2. The number of aryl methyl sites for hydroxylation is 1. The van der Waals surface area contributed by atoms with Crippen molar-refractivity contribution < 1.29 is 0 Å². The number of halogens is 1. The lowest BCUT2D eigenvalue weighted by Gasteiger charge is -2.31. The van der Waals surface area contributed by atoms with Gasteiger partial charge in [0.1, 0.15) is 0 Å². The zero-order chi connectivity index (χ0) is 13.9. The molecule has 2 atom stereocenters. The van der Waals surface area contributed by atoms with Gasteiger partial charge in [0.2, 0.25) is 0 Å². The van der Waals surface area contributed by atoms with Gasteiger partial charge in [-0.2, -0.15) is 0 Å². The maximum Gasteiger partial charge on any atom is 0.0637 e. The van der Waals surface area contributed by atoms with Crippen LogP contribution in [0.1, 0.15) is 41.6 Å². The molecule has 2 aromatic rings. The number of nitrogens with one attached hydrogen (secondary N) is 1. The fourth-order valence-electron chi connectivity index (χ4n) is 3.18. The summed E-state index contributed by atoms with van der Waals surface area (Å²) in [5.41, 5.74) is 3.69. The van der Waals surface area contributed by atoms with Crippen LogP contribution in [0, 0.1) is 0 Å². The highest BCUT2D eigenvalue weighted by molar-refractivity contribution is 6.31. The first kappa shape index (κ1) is 13.5. The molecule has 2 aromatic heterocycles. The summed E-state index contributed by atoms with van der Waals surface area (Å²) in [4.78, 5) is 8.70. The van der Waals surface area contributed by atoms with Crippen LogP contribution in [0.4, 0.5) is 0 Å². The normalized spacial score (nSPS) is 19.4. The van der Waals surface area contributed by atoms with Crippen LogP contribution in [-0.4, -0.2) is 17.0 Å². The number of aromatic nitrogens is 2. The molecule has 0 saturated heterocycles. The molecule has 4 heteroatoms. The molecule has 2 heterocycles. The van der Waals surface area contributed by atoms with Gasteiger partial charge in [0, 0.05) is 36.2 Å². The van der Waals surface area contributed by atoms with E-state index in [2.05, 4.69) is 21.4 Å². The number of pyridine rings is 2. The van der Waals surface area contributed by atoms with Crippen molar-refractivity contribution in [1.29, 1.82) is 0 Å². The van der Waals surface area contributed by atoms with E-state index in [9.17, 15) is 0 Å². The summed E-state index contributed by atoms with van der Waals surface area (Å²) >= 11 is 6.32. The highest BCUT2D eigenvalue weighted by Crippen LogP contribution is 2.40. The second-order valence-corrected chi connectivity index (χ2v) is 5.62. The van der Waals surface area contributed by atoms with Gasteiger partial charge >= 0.3 is 0 Å². The molecule has 20 heavy (non-hydrogen) atoms. The second-order valence-electron chi connectivity index (χ2n) is 5.21. The first-order valence-corrected chi connectivity index (χ1v) is 7.39. The Balaban J connectivity index is 2.01. The fourth-order valence-corrected chi connectivity index (χ4v) is 3.42. The molecule has 0 aliphatic heterocycles. The van der Waals surface area contributed by atoms with Crippen molar-refractivity contribution in [1.82, 2.24) is 15.3 Å². The minimum Gasteiger partial charge on any atom is -0.312 e. The summed E-state index contributed by atoms with van der Waals surface area (Å²) in [6.07, 6.45) is 8.85. The van der Waals surface area contributed by atoms with Gasteiger partial charge in [-0.05, 0) is 49.6 Å². The van der Waals surface area contributed by atoms with E-state index in [0.29, 0.717) is 5.92 Å². The first-order valence-electron chi connectivity index (χ1n) is 7.01. The predicted molar refractivity (Wildman–Crippen MR) is 81.0 cm³/mol. The lowest BCUT2D eigenvalue weighted by Crippen LogP contribution is -2.27. The van der Waals surface area contributed by atoms with E-state index < -0.39 is 0 Å². The Morgan fingerprint density at radius 1 is 1.35 bits per heavy atom. The van der Waals surface area contributed by atoms with Crippen molar-refractivity contribution in [3.8, 4) is 0 Å². The van der Waals surface area contributed by atoms with Gasteiger partial charge in [0.05, 0.1) is 5.02 Å². The number of hydrogen-bond donors (Lipinski definition) is 1. The molecule has 104 valence electrons. The lowest BCUT2D eigenvalue weighted by molar-refractivity contribution is 0.415. The summed E-state index contributed by atoms with van der Waals surface area (Å²) < 4.78 is 0. The maximum atomic E-state index is 6.32. The summed E-state index contributed by atoms with van der Waals surface area (Å²) in [6.45, 7) is 0. The van der Waals surface area contributed by atoms with Crippen LogP contribution < -0.4 is 5.32 Å². The van der Waals surface area contributed by atoms with E-state index in [1.807, 2.05) is 25.4 Å². The number of likely N-dealkylation sites (N-methyl/N-ethyl adjacent to an activating group) is 1. The Labute approximate surface area is 124 Å². The van der Waals surface area contributed by atoms with Crippen LogP contribution in [0.3, 0.4) is 0 Å². The van der Waals surface area contributed by atoms with Gasteiger partial charge in [-0.3, -0.25) is 9.97 Å². The first-order chi connectivity index (χ1) is 9.81. The molecule has 0 radical (unpaired) electrons. The summed E-state index contributed by atoms with van der Waals surface area (Å²) in [6, 6.07) is 6.39. The molecule has 3 nitrogen and oxygen atoms in total. The Morgan fingerprint density at radius 2 is 2.25 bits per heavy atom. The molecule has 3 rings (SSSR count). The molecule has 1 N–H and O–H groups in total. The molecule has 1 aliphatic rings. The van der Waals surface area contributed by atoms with Gasteiger partial charge in [-0.1, -0.05) is 17.7 Å². The highest BCUT2D eigenvalue weighted by atomic mass is 35.5. The van der Waals surface area contributed by atoms with E-state index in [1.54, 1.807) is 12.4 Å². The van der Waals surface area contributed by atoms with Gasteiger partial charge < -0.3 is 5.32 Å². The Kier molecular flexibility index (Phi) is 3.99. The maximum absolute atomic E-state index is 6.32. The molecule has 0 amide bonds. The SMILES string of the molecule is CNC(c1ccncc1Cl)C1CCCc2cccnc21. The van der Waals surface area contributed by atoms with E-state index in [4.69, 9.17) is 11.6 Å². The van der Waals surface area contributed by atoms with E-state index in [-0.39, 0.29) is 6.04 Å². The van der Waals surface area contributed by atoms with E-state index >= 15 is 0 Å². The van der Waals surface area contributed by atoms with Crippen LogP contribution in [0.5, 0.6) is 0 Å². The third kappa shape index (κ3) is 2.43. The molecule has 0 aromatic carbocycles. The van der Waals surface area contributed by atoms with Crippen molar-refractivity contribution in [3.05, 3.63) is 58.6 Å². The Morgan fingerprint density at radius 3 is 3.05 bits per heavy atom. The van der Waals surface area contributed by atoms with Crippen molar-refractivity contribution in [2.45, 2.75) is 31.2 Å². The topological polar surface area (TPSA) is 37.8 Å². The zero-order valence-electron chi connectivity index (χ0n) is 11.5. The van der Waals surface area contributed by atoms with E-state index in [0.717, 1.165) is 23.4 Å². The van der Waals surface area contributed by atoms with Crippen molar-refractivity contribution in [2.75, 3.05) is 7.05 Å². The van der Waals surface area contributed by atoms with Crippen molar-refractivity contribution in [2.24, 2.45) is 0 Å². The second kappa shape index (κ2) is 5.90. The van der Waals surface area contributed by atoms with Gasteiger partial charge in [-0.15, -0.1) is 0 Å². The lowest BCUT2D eigenvalue weighted by atomic mass is 9.80. The minimum absolute atomic E-state index is 0.180. The highest BCUT2D eigenvalue weighted by Gasteiger charge is 2.30. The molecular formula is C16H18ClN3.